The fraction of sp³-hybridized carbons (Fsp3) is 0.222. The van der Waals surface area contributed by atoms with Gasteiger partial charge in [0.2, 0.25) is 5.16 Å². The SMILES string of the molecule is Cc1sc2nc(CSc3ccc(Cl)cc3)nc(Sc3nnc(C)n3N)c2c1C. The van der Waals surface area contributed by atoms with Crippen molar-refractivity contribution in [1.29, 1.82) is 0 Å². The Kier molecular flexibility index (Phi) is 5.50. The number of nitrogen functional groups attached to an aromatic ring is 1. The predicted molar refractivity (Wildman–Crippen MR) is 117 cm³/mol. The first-order valence-electron chi connectivity index (χ1n) is 8.42. The van der Waals surface area contributed by atoms with Crippen LogP contribution in [0, 0.1) is 20.8 Å². The van der Waals surface area contributed by atoms with Gasteiger partial charge in [0.25, 0.3) is 0 Å². The number of fused-ring (bicyclic) bond motifs is 1. The Morgan fingerprint density at radius 2 is 1.86 bits per heavy atom. The molecule has 4 aromatic rings. The third-order valence-electron chi connectivity index (χ3n) is 4.25. The Morgan fingerprint density at radius 1 is 1.11 bits per heavy atom. The van der Waals surface area contributed by atoms with Crippen LogP contribution in [0.25, 0.3) is 10.2 Å². The lowest BCUT2D eigenvalue weighted by Gasteiger charge is -2.07. The average molecular weight is 449 g/mol. The number of hydrogen-bond acceptors (Lipinski definition) is 8. The molecule has 0 radical (unpaired) electrons. The molecular weight excluding hydrogens is 432 g/mol. The largest absolute Gasteiger partial charge is 0.336 e. The molecule has 0 saturated carbocycles. The maximum Gasteiger partial charge on any atom is 0.216 e. The normalized spacial score (nSPS) is 11.4. The monoisotopic (exact) mass is 448 g/mol. The molecule has 0 spiro atoms. The lowest BCUT2D eigenvalue weighted by molar-refractivity contribution is 0.823. The van der Waals surface area contributed by atoms with Crippen molar-refractivity contribution in [2.75, 3.05) is 5.84 Å². The number of aryl methyl sites for hydroxylation is 3. The highest BCUT2D eigenvalue weighted by Gasteiger charge is 2.18. The number of aromatic nitrogens is 5. The van der Waals surface area contributed by atoms with Crippen molar-refractivity contribution in [1.82, 2.24) is 24.8 Å². The van der Waals surface area contributed by atoms with Gasteiger partial charge in [-0.3, -0.25) is 0 Å². The molecule has 0 unspecified atom stereocenters. The van der Waals surface area contributed by atoms with Crippen molar-refractivity contribution in [3.8, 4) is 0 Å². The van der Waals surface area contributed by atoms with Crippen LogP contribution in [0.2, 0.25) is 5.02 Å². The molecule has 3 heterocycles. The van der Waals surface area contributed by atoms with Crippen molar-refractivity contribution in [2.24, 2.45) is 0 Å². The van der Waals surface area contributed by atoms with Gasteiger partial charge in [0.05, 0.1) is 5.75 Å². The van der Waals surface area contributed by atoms with Gasteiger partial charge in [-0.15, -0.1) is 33.3 Å². The van der Waals surface area contributed by atoms with Crippen molar-refractivity contribution >= 4 is 56.7 Å². The molecule has 6 nitrogen and oxygen atoms in total. The van der Waals surface area contributed by atoms with Crippen molar-refractivity contribution in [3.05, 3.63) is 51.4 Å². The lowest BCUT2D eigenvalue weighted by Crippen LogP contribution is -2.11. The summed E-state index contributed by atoms with van der Waals surface area (Å²) in [6.45, 7) is 6.02. The molecule has 0 bridgehead atoms. The zero-order chi connectivity index (χ0) is 19.8. The summed E-state index contributed by atoms with van der Waals surface area (Å²) in [5.41, 5.74) is 1.19. The minimum atomic E-state index is 0.608. The van der Waals surface area contributed by atoms with Gasteiger partial charge in [0.1, 0.15) is 21.5 Å². The fourth-order valence-corrected chi connectivity index (χ4v) is 5.56. The third-order valence-corrected chi connectivity index (χ3v) is 7.56. The maximum atomic E-state index is 6.04. The van der Waals surface area contributed by atoms with E-state index in [1.54, 1.807) is 23.1 Å². The Balaban J connectivity index is 1.69. The van der Waals surface area contributed by atoms with Gasteiger partial charge in [-0.2, -0.15) is 0 Å². The summed E-state index contributed by atoms with van der Waals surface area (Å²) < 4.78 is 1.48. The van der Waals surface area contributed by atoms with Crippen LogP contribution in [-0.4, -0.2) is 24.8 Å². The van der Waals surface area contributed by atoms with E-state index in [2.05, 4.69) is 24.0 Å². The molecular formula is C18H17ClN6S3. The minimum Gasteiger partial charge on any atom is -0.336 e. The number of hydrogen-bond donors (Lipinski definition) is 1. The Morgan fingerprint density at radius 3 is 2.54 bits per heavy atom. The summed E-state index contributed by atoms with van der Waals surface area (Å²) in [6.07, 6.45) is 0. The summed E-state index contributed by atoms with van der Waals surface area (Å²) >= 11 is 10.8. The molecule has 144 valence electrons. The third kappa shape index (κ3) is 3.84. The van der Waals surface area contributed by atoms with Crippen LogP contribution in [0.5, 0.6) is 0 Å². The number of nitrogens with zero attached hydrogens (tertiary/aromatic N) is 5. The highest BCUT2D eigenvalue weighted by Crippen LogP contribution is 2.38. The first kappa shape index (κ1) is 19.5. The summed E-state index contributed by atoms with van der Waals surface area (Å²) in [4.78, 5) is 13.0. The lowest BCUT2D eigenvalue weighted by atomic mass is 10.2. The van der Waals surface area contributed by atoms with Gasteiger partial charge in [-0.25, -0.2) is 14.6 Å². The number of nitrogens with two attached hydrogens (primary N) is 1. The molecule has 0 aliphatic rings. The highest BCUT2D eigenvalue weighted by molar-refractivity contribution is 7.99. The van der Waals surface area contributed by atoms with E-state index in [4.69, 9.17) is 27.4 Å². The van der Waals surface area contributed by atoms with Crippen LogP contribution in [0.3, 0.4) is 0 Å². The van der Waals surface area contributed by atoms with E-state index >= 15 is 0 Å². The van der Waals surface area contributed by atoms with Gasteiger partial charge in [-0.1, -0.05) is 11.6 Å². The molecule has 3 aromatic heterocycles. The summed E-state index contributed by atoms with van der Waals surface area (Å²) in [5.74, 6) is 8.13. The number of benzene rings is 1. The van der Waals surface area contributed by atoms with Gasteiger partial charge >= 0.3 is 0 Å². The van der Waals surface area contributed by atoms with E-state index in [0.29, 0.717) is 16.7 Å². The van der Waals surface area contributed by atoms with Gasteiger partial charge in [-0.05, 0) is 62.4 Å². The minimum absolute atomic E-state index is 0.608. The Bertz CT molecular complexity index is 1150. The second-order valence-electron chi connectivity index (χ2n) is 6.15. The van der Waals surface area contributed by atoms with E-state index in [-0.39, 0.29) is 0 Å². The maximum absolute atomic E-state index is 6.04. The molecule has 28 heavy (non-hydrogen) atoms. The summed E-state index contributed by atoms with van der Waals surface area (Å²) in [5, 5.41) is 11.5. The van der Waals surface area contributed by atoms with Crippen LogP contribution in [-0.2, 0) is 5.75 Å². The van der Waals surface area contributed by atoms with E-state index in [9.17, 15) is 0 Å². The highest BCUT2D eigenvalue weighted by atomic mass is 35.5. The van der Waals surface area contributed by atoms with Gasteiger partial charge in [0.15, 0.2) is 0 Å². The number of rotatable bonds is 5. The molecule has 4 rings (SSSR count). The first-order valence-corrected chi connectivity index (χ1v) is 11.4. The van der Waals surface area contributed by atoms with Crippen molar-refractivity contribution in [2.45, 2.75) is 41.6 Å². The van der Waals surface area contributed by atoms with Crippen molar-refractivity contribution in [3.63, 3.8) is 0 Å². The smallest absolute Gasteiger partial charge is 0.216 e. The van der Waals surface area contributed by atoms with Crippen LogP contribution < -0.4 is 5.84 Å². The van der Waals surface area contributed by atoms with E-state index < -0.39 is 0 Å². The van der Waals surface area contributed by atoms with Crippen LogP contribution in [0.4, 0.5) is 0 Å². The topological polar surface area (TPSA) is 82.5 Å². The molecule has 0 saturated heterocycles. The quantitative estimate of drug-likeness (QED) is 0.260. The van der Waals surface area contributed by atoms with E-state index in [1.165, 1.54) is 26.9 Å². The molecule has 0 fully saturated rings. The Labute approximate surface area is 179 Å². The molecule has 0 amide bonds. The second kappa shape index (κ2) is 7.90. The van der Waals surface area contributed by atoms with Gasteiger partial charge in [0, 0.05) is 20.2 Å². The van der Waals surface area contributed by atoms with E-state index in [1.807, 2.05) is 31.2 Å². The molecule has 1 aromatic carbocycles. The number of thiophene rings is 1. The van der Waals surface area contributed by atoms with E-state index in [0.717, 1.165) is 31.0 Å². The second-order valence-corrected chi connectivity index (χ2v) is 9.80. The zero-order valence-electron chi connectivity index (χ0n) is 15.4. The summed E-state index contributed by atoms with van der Waals surface area (Å²) in [7, 11) is 0. The molecule has 0 aliphatic carbocycles. The number of thioether (sulfide) groups is 1. The first-order chi connectivity index (χ1) is 13.4. The van der Waals surface area contributed by atoms with Crippen molar-refractivity contribution < 1.29 is 0 Å². The van der Waals surface area contributed by atoms with Gasteiger partial charge < -0.3 is 5.84 Å². The zero-order valence-corrected chi connectivity index (χ0v) is 18.6. The molecule has 2 N–H and O–H groups in total. The Hall–Kier alpha value is -1.81. The molecule has 10 heteroatoms. The molecule has 0 atom stereocenters. The van der Waals surface area contributed by atoms with Crippen LogP contribution in [0.1, 0.15) is 22.1 Å². The predicted octanol–water partition coefficient (Wildman–Crippen LogP) is 5.02. The number of halogens is 1. The average Bonchev–Trinajstić information content (AvgIpc) is 3.14. The fourth-order valence-electron chi connectivity index (χ4n) is 2.58. The molecule has 0 aliphatic heterocycles. The van der Waals surface area contributed by atoms with Crippen LogP contribution >= 0.6 is 46.5 Å². The summed E-state index contributed by atoms with van der Waals surface area (Å²) in [6, 6.07) is 7.77. The van der Waals surface area contributed by atoms with Crippen LogP contribution in [0.15, 0.2) is 39.3 Å². The standard InChI is InChI=1S/C18H17ClN6S3/c1-9-10(2)27-16-15(9)17(28-18-24-23-11(3)25(18)20)22-14(21-16)8-26-13-6-4-12(19)5-7-13/h4-7H,8,20H2,1-3H3.